The van der Waals surface area contributed by atoms with Crippen molar-refractivity contribution in [2.75, 3.05) is 0 Å². The van der Waals surface area contributed by atoms with Crippen LogP contribution in [0.5, 0.6) is 0 Å². The zero-order valence-corrected chi connectivity index (χ0v) is 14.6. The summed E-state index contributed by atoms with van der Waals surface area (Å²) in [7, 11) is 0. The third-order valence-electron chi connectivity index (χ3n) is 3.55. The average molecular weight is 358 g/mol. The molecule has 128 valence electrons. The number of rotatable bonds is 5. The predicted molar refractivity (Wildman–Crippen MR) is 87.8 cm³/mol. The van der Waals surface area contributed by atoms with Crippen molar-refractivity contribution in [3.8, 4) is 22.9 Å². The summed E-state index contributed by atoms with van der Waals surface area (Å²) >= 11 is 1.32. The van der Waals surface area contributed by atoms with E-state index in [0.29, 0.717) is 28.6 Å². The van der Waals surface area contributed by atoms with Gasteiger partial charge in [-0.05, 0) is 32.9 Å². The Kier molecular flexibility index (Phi) is 3.92. The van der Waals surface area contributed by atoms with Crippen LogP contribution in [-0.2, 0) is 5.75 Å². The Balaban J connectivity index is 1.45. The lowest BCUT2D eigenvalue weighted by molar-refractivity contribution is 0.462. The van der Waals surface area contributed by atoms with Crippen LogP contribution in [0.25, 0.3) is 22.9 Å². The van der Waals surface area contributed by atoms with Crippen LogP contribution < -0.4 is 0 Å². The maximum absolute atomic E-state index is 5.68. The van der Waals surface area contributed by atoms with E-state index in [-0.39, 0.29) is 0 Å². The number of aryl methyl sites for hydroxylation is 3. The van der Waals surface area contributed by atoms with Gasteiger partial charge < -0.3 is 17.7 Å². The molecule has 4 aromatic rings. The fraction of sp³-hybridized carbons (Fsp3) is 0.250. The Labute approximate surface area is 146 Å². The fourth-order valence-electron chi connectivity index (χ4n) is 2.37. The smallest absolute Gasteiger partial charge is 0.277 e. The van der Waals surface area contributed by atoms with Crippen LogP contribution in [0.2, 0.25) is 0 Å². The summed E-state index contributed by atoms with van der Waals surface area (Å²) in [5, 5.41) is 16.6. The lowest BCUT2D eigenvalue weighted by Crippen LogP contribution is -1.80. The first-order valence-corrected chi connectivity index (χ1v) is 8.49. The molecule has 0 aliphatic rings. The van der Waals surface area contributed by atoms with Gasteiger partial charge >= 0.3 is 0 Å². The normalized spacial score (nSPS) is 11.3. The number of thioether (sulfide) groups is 1. The second kappa shape index (κ2) is 6.25. The topological polar surface area (TPSA) is 104 Å². The highest BCUT2D eigenvalue weighted by molar-refractivity contribution is 7.98. The van der Waals surface area contributed by atoms with Gasteiger partial charge in [-0.2, -0.15) is 0 Å². The molecule has 0 aliphatic heterocycles. The van der Waals surface area contributed by atoms with E-state index < -0.39 is 0 Å². The second-order valence-corrected chi connectivity index (χ2v) is 6.31. The van der Waals surface area contributed by atoms with E-state index in [9.17, 15) is 0 Å². The second-order valence-electron chi connectivity index (χ2n) is 5.38. The van der Waals surface area contributed by atoms with Crippen LogP contribution in [-0.4, -0.2) is 20.4 Å². The van der Waals surface area contributed by atoms with E-state index in [1.54, 1.807) is 12.3 Å². The molecule has 0 spiro atoms. The van der Waals surface area contributed by atoms with Gasteiger partial charge in [0.2, 0.25) is 5.89 Å². The van der Waals surface area contributed by atoms with Crippen molar-refractivity contribution in [3.05, 3.63) is 41.6 Å². The molecule has 0 bridgehead atoms. The maximum atomic E-state index is 5.68. The van der Waals surface area contributed by atoms with Crippen molar-refractivity contribution in [2.45, 2.75) is 31.7 Å². The molecule has 0 saturated carbocycles. The van der Waals surface area contributed by atoms with E-state index in [1.165, 1.54) is 11.8 Å². The Morgan fingerprint density at radius 1 is 0.880 bits per heavy atom. The Hall–Kier alpha value is -2.81. The summed E-state index contributed by atoms with van der Waals surface area (Å²) in [6.45, 7) is 5.57. The molecule has 9 heteroatoms. The molecule has 0 unspecified atom stereocenters. The Bertz CT molecular complexity index is 1010. The summed E-state index contributed by atoms with van der Waals surface area (Å²) in [6, 6.07) is 3.66. The fourth-order valence-corrected chi connectivity index (χ4v) is 2.97. The minimum absolute atomic E-state index is 0.421. The molecular weight excluding hydrogens is 344 g/mol. The van der Waals surface area contributed by atoms with Crippen LogP contribution in [0.4, 0.5) is 0 Å². The zero-order valence-electron chi connectivity index (χ0n) is 13.8. The Morgan fingerprint density at radius 2 is 1.68 bits per heavy atom. The molecule has 25 heavy (non-hydrogen) atoms. The average Bonchev–Trinajstić information content (AvgIpc) is 3.33. The highest BCUT2D eigenvalue weighted by atomic mass is 32.2. The third kappa shape index (κ3) is 3.10. The van der Waals surface area contributed by atoms with E-state index in [1.807, 2.05) is 26.8 Å². The molecule has 0 amide bonds. The largest absolute Gasteiger partial charge is 0.469 e. The predicted octanol–water partition coefficient (Wildman–Crippen LogP) is 4.19. The molecule has 4 aromatic heterocycles. The molecule has 0 atom stereocenters. The van der Waals surface area contributed by atoms with Crippen LogP contribution >= 0.6 is 11.8 Å². The lowest BCUT2D eigenvalue weighted by Gasteiger charge is -1.92. The van der Waals surface area contributed by atoms with Crippen molar-refractivity contribution in [3.63, 3.8) is 0 Å². The zero-order chi connectivity index (χ0) is 17.4. The van der Waals surface area contributed by atoms with E-state index in [2.05, 4.69) is 20.4 Å². The van der Waals surface area contributed by atoms with Crippen LogP contribution in [0.15, 0.2) is 41.3 Å². The molecule has 0 fully saturated rings. The Morgan fingerprint density at radius 3 is 2.40 bits per heavy atom. The van der Waals surface area contributed by atoms with Crippen LogP contribution in [0.1, 0.15) is 23.2 Å². The van der Waals surface area contributed by atoms with E-state index in [0.717, 1.165) is 28.4 Å². The van der Waals surface area contributed by atoms with Crippen molar-refractivity contribution in [1.29, 1.82) is 0 Å². The van der Waals surface area contributed by atoms with Gasteiger partial charge in [-0.3, -0.25) is 0 Å². The first kappa shape index (κ1) is 15.7. The van der Waals surface area contributed by atoms with Gasteiger partial charge in [0, 0.05) is 0 Å². The number of aromatic nitrogens is 4. The summed E-state index contributed by atoms with van der Waals surface area (Å²) < 4.78 is 22.0. The number of nitrogens with zero attached hydrogens (tertiary/aromatic N) is 4. The first-order valence-electron chi connectivity index (χ1n) is 7.50. The van der Waals surface area contributed by atoms with Crippen LogP contribution in [0, 0.1) is 20.8 Å². The number of hydrogen-bond donors (Lipinski definition) is 0. The minimum Gasteiger partial charge on any atom is -0.469 e. The summed E-state index contributed by atoms with van der Waals surface area (Å²) in [5.41, 5.74) is 1.59. The minimum atomic E-state index is 0.421. The molecule has 0 aromatic carbocycles. The van der Waals surface area contributed by atoms with Gasteiger partial charge in [0.1, 0.15) is 17.3 Å². The van der Waals surface area contributed by atoms with Crippen molar-refractivity contribution >= 4 is 11.8 Å². The molecule has 0 saturated heterocycles. The third-order valence-corrected chi connectivity index (χ3v) is 4.36. The van der Waals surface area contributed by atoms with Crippen molar-refractivity contribution < 1.29 is 17.7 Å². The van der Waals surface area contributed by atoms with Gasteiger partial charge in [-0.1, -0.05) is 11.8 Å². The van der Waals surface area contributed by atoms with Crippen molar-refractivity contribution in [1.82, 2.24) is 20.4 Å². The lowest BCUT2D eigenvalue weighted by atomic mass is 10.2. The van der Waals surface area contributed by atoms with Gasteiger partial charge in [0.15, 0.2) is 0 Å². The van der Waals surface area contributed by atoms with Gasteiger partial charge in [0.05, 0.1) is 23.1 Å². The summed E-state index contributed by atoms with van der Waals surface area (Å²) in [5.74, 6) is 4.03. The monoisotopic (exact) mass is 358 g/mol. The van der Waals surface area contributed by atoms with Gasteiger partial charge in [0.25, 0.3) is 17.0 Å². The first-order chi connectivity index (χ1) is 12.1. The highest BCUT2D eigenvalue weighted by Gasteiger charge is 2.17. The summed E-state index contributed by atoms with van der Waals surface area (Å²) in [4.78, 5) is 0. The SMILES string of the molecule is Cc1cc(-c2nnc(CSc3nnc(-c4ccoc4C)o3)o2)c(C)o1. The molecule has 8 nitrogen and oxygen atoms in total. The van der Waals surface area contributed by atoms with Gasteiger partial charge in [-0.25, -0.2) is 0 Å². The quantitative estimate of drug-likeness (QED) is 0.485. The number of hydrogen-bond acceptors (Lipinski definition) is 9. The summed E-state index contributed by atoms with van der Waals surface area (Å²) in [6.07, 6.45) is 1.58. The van der Waals surface area contributed by atoms with Gasteiger partial charge in [-0.15, -0.1) is 20.4 Å². The maximum Gasteiger partial charge on any atom is 0.277 e. The number of furan rings is 2. The molecule has 0 N–H and O–H groups in total. The molecule has 4 heterocycles. The highest BCUT2D eigenvalue weighted by Crippen LogP contribution is 2.29. The molecule has 4 rings (SSSR count). The molecule has 0 radical (unpaired) electrons. The molecular formula is C16H14N4O4S. The molecule has 0 aliphatic carbocycles. The van der Waals surface area contributed by atoms with E-state index in [4.69, 9.17) is 17.7 Å². The van der Waals surface area contributed by atoms with Crippen molar-refractivity contribution in [2.24, 2.45) is 0 Å². The van der Waals surface area contributed by atoms with E-state index >= 15 is 0 Å². The van der Waals surface area contributed by atoms with Crippen LogP contribution in [0.3, 0.4) is 0 Å². The standard InChI is InChI=1S/C16H14N4O4S/c1-8-6-12(10(3)22-8)15-18-17-13(23-15)7-25-16-20-19-14(24-16)11-4-5-21-9(11)2/h4-6H,7H2,1-3H3.